The molecule has 0 aliphatic rings. The normalized spacial score (nSPS) is 9.50. The first-order valence-electron chi connectivity index (χ1n) is 6.26. The van der Waals surface area contributed by atoms with Gasteiger partial charge < -0.3 is 11.1 Å². The van der Waals surface area contributed by atoms with Crippen molar-refractivity contribution in [1.82, 2.24) is 5.32 Å². The second-order valence-corrected chi connectivity index (χ2v) is 4.16. The molecule has 1 aromatic rings. The lowest BCUT2D eigenvalue weighted by atomic mass is 10.0. The van der Waals surface area contributed by atoms with E-state index >= 15 is 0 Å². The van der Waals surface area contributed by atoms with Crippen molar-refractivity contribution in [3.05, 3.63) is 34.9 Å². The molecule has 0 heterocycles. The number of amides is 1. The number of carbonyl (C=O) groups is 1. The van der Waals surface area contributed by atoms with Gasteiger partial charge in [0.15, 0.2) is 0 Å². The van der Waals surface area contributed by atoms with Crippen LogP contribution in [0.2, 0.25) is 0 Å². The van der Waals surface area contributed by atoms with E-state index in [1.54, 1.807) is 0 Å². The van der Waals surface area contributed by atoms with Crippen LogP contribution in [0.25, 0.3) is 0 Å². The summed E-state index contributed by atoms with van der Waals surface area (Å²) in [7, 11) is 0. The van der Waals surface area contributed by atoms with E-state index in [4.69, 9.17) is 5.73 Å². The molecule has 0 saturated heterocycles. The standard InChI is InChI=1S/C15H20N2O/c1-3-4-10-17-15(18)14-11-12(2)7-8-13(14)6-5-9-16/h7-8,11H,3-4,9-10,16H2,1-2H3,(H,17,18). The summed E-state index contributed by atoms with van der Waals surface area (Å²) in [5.41, 5.74) is 7.77. The lowest BCUT2D eigenvalue weighted by molar-refractivity contribution is 0.0953. The van der Waals surface area contributed by atoms with Gasteiger partial charge in [-0.3, -0.25) is 4.79 Å². The van der Waals surface area contributed by atoms with Crippen molar-refractivity contribution in [3.63, 3.8) is 0 Å². The predicted octanol–water partition coefficient (Wildman–Crippen LogP) is 1.84. The van der Waals surface area contributed by atoms with Crippen molar-refractivity contribution in [3.8, 4) is 11.8 Å². The Kier molecular flexibility index (Phi) is 5.96. The predicted molar refractivity (Wildman–Crippen MR) is 74.4 cm³/mol. The highest BCUT2D eigenvalue weighted by Crippen LogP contribution is 2.10. The number of nitrogens with one attached hydrogen (secondary N) is 1. The number of aryl methyl sites for hydroxylation is 1. The molecule has 3 nitrogen and oxygen atoms in total. The van der Waals surface area contributed by atoms with Crippen LogP contribution in [0, 0.1) is 18.8 Å². The molecule has 0 radical (unpaired) electrons. The summed E-state index contributed by atoms with van der Waals surface area (Å²) in [5, 5.41) is 2.91. The molecule has 0 bridgehead atoms. The number of nitrogens with two attached hydrogens (primary N) is 1. The summed E-state index contributed by atoms with van der Waals surface area (Å²) >= 11 is 0. The summed E-state index contributed by atoms with van der Waals surface area (Å²) in [6.07, 6.45) is 2.05. The average molecular weight is 244 g/mol. The van der Waals surface area contributed by atoms with E-state index in [0.717, 1.165) is 24.0 Å². The first kappa shape index (κ1) is 14.3. The molecular formula is C15H20N2O. The third-order valence-corrected chi connectivity index (χ3v) is 2.56. The molecule has 3 heteroatoms. The van der Waals surface area contributed by atoms with E-state index in [0.29, 0.717) is 18.7 Å². The number of carbonyl (C=O) groups excluding carboxylic acids is 1. The first-order valence-corrected chi connectivity index (χ1v) is 6.26. The Morgan fingerprint density at radius 1 is 1.44 bits per heavy atom. The number of hydrogen-bond acceptors (Lipinski definition) is 2. The third-order valence-electron chi connectivity index (χ3n) is 2.56. The minimum absolute atomic E-state index is 0.0616. The van der Waals surface area contributed by atoms with Gasteiger partial charge in [0.2, 0.25) is 0 Å². The molecule has 1 aromatic carbocycles. The summed E-state index contributed by atoms with van der Waals surface area (Å²) in [4.78, 5) is 12.0. The molecule has 1 amide bonds. The molecule has 0 atom stereocenters. The van der Waals surface area contributed by atoms with E-state index in [9.17, 15) is 4.79 Å². The molecule has 0 spiro atoms. The fourth-order valence-electron chi connectivity index (χ4n) is 1.58. The molecule has 18 heavy (non-hydrogen) atoms. The number of unbranched alkanes of at least 4 members (excludes halogenated alkanes) is 1. The van der Waals surface area contributed by atoms with Crippen LogP contribution in [0.4, 0.5) is 0 Å². The summed E-state index contributed by atoms with van der Waals surface area (Å²) in [6, 6.07) is 5.68. The smallest absolute Gasteiger partial charge is 0.252 e. The quantitative estimate of drug-likeness (QED) is 0.627. The molecule has 96 valence electrons. The molecule has 0 aliphatic carbocycles. The van der Waals surface area contributed by atoms with Crippen LogP contribution in [-0.4, -0.2) is 19.0 Å². The van der Waals surface area contributed by atoms with Crippen molar-refractivity contribution < 1.29 is 4.79 Å². The van der Waals surface area contributed by atoms with Gasteiger partial charge in [0, 0.05) is 12.1 Å². The van der Waals surface area contributed by atoms with Crippen molar-refractivity contribution in [2.45, 2.75) is 26.7 Å². The molecule has 1 rings (SSSR count). The number of hydrogen-bond donors (Lipinski definition) is 2. The van der Waals surface area contributed by atoms with Gasteiger partial charge in [0.05, 0.1) is 12.1 Å². The molecular weight excluding hydrogens is 224 g/mol. The number of rotatable bonds is 4. The van der Waals surface area contributed by atoms with E-state index in [1.807, 2.05) is 25.1 Å². The van der Waals surface area contributed by atoms with E-state index in [2.05, 4.69) is 24.1 Å². The molecule has 0 aliphatic heterocycles. The Labute approximate surface area is 109 Å². The van der Waals surface area contributed by atoms with Gasteiger partial charge in [0.25, 0.3) is 5.91 Å². The Hall–Kier alpha value is -1.79. The Balaban J connectivity index is 2.90. The first-order chi connectivity index (χ1) is 8.69. The monoisotopic (exact) mass is 244 g/mol. The van der Waals surface area contributed by atoms with Gasteiger partial charge >= 0.3 is 0 Å². The lowest BCUT2D eigenvalue weighted by Crippen LogP contribution is -2.25. The molecule has 3 N–H and O–H groups in total. The maximum atomic E-state index is 12.0. The largest absolute Gasteiger partial charge is 0.352 e. The highest BCUT2D eigenvalue weighted by atomic mass is 16.1. The lowest BCUT2D eigenvalue weighted by Gasteiger charge is -2.07. The molecule has 0 saturated carbocycles. The Morgan fingerprint density at radius 3 is 2.89 bits per heavy atom. The minimum atomic E-state index is -0.0616. The van der Waals surface area contributed by atoms with Crippen molar-refractivity contribution in [2.75, 3.05) is 13.1 Å². The van der Waals surface area contributed by atoms with Crippen LogP contribution in [-0.2, 0) is 0 Å². The zero-order chi connectivity index (χ0) is 13.4. The van der Waals surface area contributed by atoms with Crippen LogP contribution in [0.15, 0.2) is 18.2 Å². The summed E-state index contributed by atoms with van der Waals surface area (Å²) in [5.74, 6) is 5.66. The molecule has 0 aromatic heterocycles. The zero-order valence-corrected chi connectivity index (χ0v) is 11.0. The fourth-order valence-corrected chi connectivity index (χ4v) is 1.58. The van der Waals surface area contributed by atoms with Gasteiger partial charge in [-0.25, -0.2) is 0 Å². The second kappa shape index (κ2) is 7.52. The Morgan fingerprint density at radius 2 is 2.22 bits per heavy atom. The third kappa shape index (κ3) is 4.23. The van der Waals surface area contributed by atoms with Crippen LogP contribution in [0.3, 0.4) is 0 Å². The summed E-state index contributed by atoms with van der Waals surface area (Å²) < 4.78 is 0. The van der Waals surface area contributed by atoms with Gasteiger partial charge in [-0.1, -0.05) is 36.8 Å². The van der Waals surface area contributed by atoms with Gasteiger partial charge in [-0.05, 0) is 25.5 Å². The van der Waals surface area contributed by atoms with Crippen molar-refractivity contribution in [2.24, 2.45) is 5.73 Å². The van der Waals surface area contributed by atoms with Gasteiger partial charge in [-0.15, -0.1) is 0 Å². The van der Waals surface area contributed by atoms with Gasteiger partial charge in [0.1, 0.15) is 0 Å². The zero-order valence-electron chi connectivity index (χ0n) is 11.0. The highest BCUT2D eigenvalue weighted by molar-refractivity contribution is 5.96. The van der Waals surface area contributed by atoms with Crippen LogP contribution >= 0.6 is 0 Å². The minimum Gasteiger partial charge on any atom is -0.352 e. The summed E-state index contributed by atoms with van der Waals surface area (Å²) in [6.45, 7) is 5.05. The van der Waals surface area contributed by atoms with Crippen LogP contribution in [0.1, 0.15) is 41.3 Å². The fraction of sp³-hybridized carbons (Fsp3) is 0.400. The van der Waals surface area contributed by atoms with Crippen molar-refractivity contribution in [1.29, 1.82) is 0 Å². The number of benzene rings is 1. The molecule has 0 fully saturated rings. The second-order valence-electron chi connectivity index (χ2n) is 4.16. The van der Waals surface area contributed by atoms with E-state index < -0.39 is 0 Å². The molecule has 0 unspecified atom stereocenters. The van der Waals surface area contributed by atoms with E-state index in [-0.39, 0.29) is 5.91 Å². The SMILES string of the molecule is CCCCNC(=O)c1cc(C)ccc1C#CCN. The maximum Gasteiger partial charge on any atom is 0.252 e. The maximum absolute atomic E-state index is 12.0. The van der Waals surface area contributed by atoms with Crippen molar-refractivity contribution >= 4 is 5.91 Å². The van der Waals surface area contributed by atoms with Crippen LogP contribution < -0.4 is 11.1 Å². The van der Waals surface area contributed by atoms with Gasteiger partial charge in [-0.2, -0.15) is 0 Å². The van der Waals surface area contributed by atoms with E-state index in [1.165, 1.54) is 0 Å². The average Bonchev–Trinajstić information content (AvgIpc) is 2.37. The van der Waals surface area contributed by atoms with Crippen LogP contribution in [0.5, 0.6) is 0 Å². The Bertz CT molecular complexity index is 469. The topological polar surface area (TPSA) is 55.1 Å². The highest BCUT2D eigenvalue weighted by Gasteiger charge is 2.09.